The van der Waals surface area contributed by atoms with Crippen LogP contribution in [-0.4, -0.2) is 43.8 Å². The Bertz CT molecular complexity index is 1700. The number of carbonyl (C=O) groups excluding carboxylic acids is 2. The second-order valence-electron chi connectivity index (χ2n) is 11.0. The highest BCUT2D eigenvalue weighted by atomic mass is 35.5. The molecule has 10 heteroatoms. The van der Waals surface area contributed by atoms with Crippen molar-refractivity contribution >= 4 is 50.7 Å². The van der Waals surface area contributed by atoms with Crippen LogP contribution >= 0.6 is 23.2 Å². The van der Waals surface area contributed by atoms with Gasteiger partial charge in [-0.25, -0.2) is 8.42 Å². The Morgan fingerprint density at radius 1 is 0.822 bits per heavy atom. The zero-order valence-corrected chi connectivity index (χ0v) is 27.8. The Balaban J connectivity index is 1.80. The van der Waals surface area contributed by atoms with Crippen LogP contribution in [-0.2, 0) is 32.6 Å². The molecule has 2 amide bonds. The fourth-order valence-electron chi connectivity index (χ4n) is 4.79. The number of nitrogens with zero attached hydrogens (tertiary/aromatic N) is 2. The molecule has 0 saturated carbocycles. The molecular formula is C35H37Cl2N3O4S. The van der Waals surface area contributed by atoms with Gasteiger partial charge in [0.05, 0.1) is 20.6 Å². The molecule has 0 aliphatic heterocycles. The van der Waals surface area contributed by atoms with Crippen molar-refractivity contribution in [2.24, 2.45) is 0 Å². The fraction of sp³-hybridized carbons (Fsp3) is 0.257. The van der Waals surface area contributed by atoms with Gasteiger partial charge in [-0.2, -0.15) is 0 Å². The van der Waals surface area contributed by atoms with Gasteiger partial charge in [0.2, 0.25) is 11.8 Å². The molecule has 1 N–H and O–H groups in total. The molecule has 2 atom stereocenters. The Hall–Kier alpha value is -3.85. The SMILES string of the molecule is CC[C@H](C)NC(=O)[C@@H](Cc1ccccc1)N(Cc1ccc(Cl)c(Cl)c1)C(=O)CN(c1ccccc1)S(=O)(=O)c1ccc(C)cc1. The molecule has 0 aliphatic carbocycles. The van der Waals surface area contributed by atoms with E-state index in [1.54, 1.807) is 60.7 Å². The minimum absolute atomic E-state index is 0.00560. The van der Waals surface area contributed by atoms with Crippen LogP contribution in [0.25, 0.3) is 0 Å². The maximum atomic E-state index is 14.5. The first kappa shape index (κ1) is 34.0. The number of nitrogens with one attached hydrogen (secondary N) is 1. The van der Waals surface area contributed by atoms with Gasteiger partial charge >= 0.3 is 0 Å². The number of sulfonamides is 1. The van der Waals surface area contributed by atoms with Crippen molar-refractivity contribution in [2.45, 2.75) is 57.1 Å². The van der Waals surface area contributed by atoms with Crippen LogP contribution in [0.3, 0.4) is 0 Å². The van der Waals surface area contributed by atoms with E-state index >= 15 is 0 Å². The first-order valence-corrected chi connectivity index (χ1v) is 16.9. The third-order valence-electron chi connectivity index (χ3n) is 7.54. The highest BCUT2D eigenvalue weighted by molar-refractivity contribution is 7.92. The molecule has 7 nitrogen and oxygen atoms in total. The van der Waals surface area contributed by atoms with E-state index in [-0.39, 0.29) is 29.8 Å². The van der Waals surface area contributed by atoms with Gasteiger partial charge in [-0.3, -0.25) is 13.9 Å². The zero-order valence-electron chi connectivity index (χ0n) is 25.5. The lowest BCUT2D eigenvalue weighted by molar-refractivity contribution is -0.140. The van der Waals surface area contributed by atoms with Crippen LogP contribution in [0.2, 0.25) is 10.0 Å². The third kappa shape index (κ3) is 8.87. The van der Waals surface area contributed by atoms with Crippen molar-refractivity contribution in [1.82, 2.24) is 10.2 Å². The van der Waals surface area contributed by atoms with Crippen molar-refractivity contribution < 1.29 is 18.0 Å². The van der Waals surface area contributed by atoms with Gasteiger partial charge in [0.15, 0.2) is 0 Å². The first-order chi connectivity index (χ1) is 21.5. The molecule has 0 aliphatic rings. The van der Waals surface area contributed by atoms with Gasteiger partial charge in [-0.15, -0.1) is 0 Å². The quantitative estimate of drug-likeness (QED) is 0.166. The van der Waals surface area contributed by atoms with E-state index in [0.717, 1.165) is 15.4 Å². The number of benzene rings is 4. The van der Waals surface area contributed by atoms with Gasteiger partial charge in [0.1, 0.15) is 12.6 Å². The molecule has 0 bridgehead atoms. The fourth-order valence-corrected chi connectivity index (χ4v) is 6.53. The lowest BCUT2D eigenvalue weighted by atomic mass is 10.0. The highest BCUT2D eigenvalue weighted by Crippen LogP contribution is 2.27. The van der Waals surface area contributed by atoms with Crippen molar-refractivity contribution in [3.63, 3.8) is 0 Å². The molecule has 4 aromatic rings. The predicted octanol–water partition coefficient (Wildman–Crippen LogP) is 7.05. The zero-order chi connectivity index (χ0) is 32.6. The van der Waals surface area contributed by atoms with Gasteiger partial charge in [-0.05, 0) is 67.8 Å². The molecular weight excluding hydrogens is 629 g/mol. The van der Waals surface area contributed by atoms with Crippen LogP contribution in [0.5, 0.6) is 0 Å². The number of anilines is 1. The smallest absolute Gasteiger partial charge is 0.264 e. The minimum Gasteiger partial charge on any atom is -0.352 e. The summed E-state index contributed by atoms with van der Waals surface area (Å²) in [6, 6.07) is 28.3. The lowest BCUT2D eigenvalue weighted by Gasteiger charge is -2.34. The molecule has 0 saturated heterocycles. The maximum absolute atomic E-state index is 14.5. The van der Waals surface area contributed by atoms with Gasteiger partial charge in [0, 0.05) is 19.0 Å². The van der Waals surface area contributed by atoms with Crippen molar-refractivity contribution in [1.29, 1.82) is 0 Å². The topological polar surface area (TPSA) is 86.8 Å². The van der Waals surface area contributed by atoms with E-state index in [4.69, 9.17) is 23.2 Å². The number of carbonyl (C=O) groups is 2. The van der Waals surface area contributed by atoms with E-state index in [1.807, 2.05) is 51.1 Å². The third-order valence-corrected chi connectivity index (χ3v) is 10.1. The number of para-hydroxylation sites is 1. The molecule has 0 heterocycles. The van der Waals surface area contributed by atoms with Crippen LogP contribution in [0, 0.1) is 6.92 Å². The van der Waals surface area contributed by atoms with E-state index in [0.29, 0.717) is 27.7 Å². The number of halogens is 2. The monoisotopic (exact) mass is 665 g/mol. The van der Waals surface area contributed by atoms with E-state index in [2.05, 4.69) is 5.32 Å². The normalized spacial score (nSPS) is 12.6. The average molecular weight is 667 g/mol. The predicted molar refractivity (Wildman–Crippen MR) is 181 cm³/mol. The Morgan fingerprint density at radius 3 is 2.04 bits per heavy atom. The number of hydrogen-bond acceptors (Lipinski definition) is 4. The van der Waals surface area contributed by atoms with Crippen LogP contribution in [0.1, 0.15) is 37.0 Å². The lowest BCUT2D eigenvalue weighted by Crippen LogP contribution is -2.54. The maximum Gasteiger partial charge on any atom is 0.264 e. The van der Waals surface area contributed by atoms with Gasteiger partial charge in [-0.1, -0.05) is 102 Å². The minimum atomic E-state index is -4.17. The van der Waals surface area contributed by atoms with Crippen molar-refractivity contribution in [3.8, 4) is 0 Å². The molecule has 0 fully saturated rings. The molecule has 4 aromatic carbocycles. The Labute approximate surface area is 275 Å². The Morgan fingerprint density at radius 2 is 1.44 bits per heavy atom. The molecule has 0 spiro atoms. The molecule has 4 rings (SSSR count). The largest absolute Gasteiger partial charge is 0.352 e. The summed E-state index contributed by atoms with van der Waals surface area (Å²) in [5, 5.41) is 3.68. The molecule has 0 unspecified atom stereocenters. The summed E-state index contributed by atoms with van der Waals surface area (Å²) in [5.41, 5.74) is 2.71. The molecule has 0 aromatic heterocycles. The van der Waals surface area contributed by atoms with E-state index < -0.39 is 28.5 Å². The standard InChI is InChI=1S/C35H37Cl2N3O4S/c1-4-26(3)38-35(42)33(22-27-11-7-5-8-12-27)39(23-28-17-20-31(36)32(37)21-28)34(41)24-40(29-13-9-6-10-14-29)45(43,44)30-18-15-25(2)16-19-30/h5-21,26,33H,4,22-24H2,1-3H3,(H,38,42)/t26-,33+/m0/s1. The van der Waals surface area contributed by atoms with Crippen molar-refractivity contribution in [2.75, 3.05) is 10.8 Å². The summed E-state index contributed by atoms with van der Waals surface area (Å²) in [4.78, 5) is 29.9. The second kappa shape index (κ2) is 15.4. The summed E-state index contributed by atoms with van der Waals surface area (Å²) in [5.74, 6) is -0.893. The van der Waals surface area contributed by atoms with Crippen LogP contribution < -0.4 is 9.62 Å². The van der Waals surface area contributed by atoms with E-state index in [1.165, 1.54) is 17.0 Å². The first-order valence-electron chi connectivity index (χ1n) is 14.7. The Kier molecular flexibility index (Phi) is 11.7. The van der Waals surface area contributed by atoms with E-state index in [9.17, 15) is 18.0 Å². The summed E-state index contributed by atoms with van der Waals surface area (Å²) in [7, 11) is -4.17. The highest BCUT2D eigenvalue weighted by Gasteiger charge is 2.35. The number of hydrogen-bond donors (Lipinski definition) is 1. The van der Waals surface area contributed by atoms with Gasteiger partial charge < -0.3 is 10.2 Å². The molecule has 45 heavy (non-hydrogen) atoms. The van der Waals surface area contributed by atoms with Crippen LogP contribution in [0.15, 0.2) is 108 Å². The van der Waals surface area contributed by atoms with Crippen LogP contribution in [0.4, 0.5) is 5.69 Å². The average Bonchev–Trinajstić information content (AvgIpc) is 3.04. The van der Waals surface area contributed by atoms with Crippen molar-refractivity contribution in [3.05, 3.63) is 130 Å². The number of aryl methyl sites for hydroxylation is 1. The molecule has 0 radical (unpaired) electrons. The summed E-state index contributed by atoms with van der Waals surface area (Å²) < 4.78 is 29.2. The molecule has 236 valence electrons. The summed E-state index contributed by atoms with van der Waals surface area (Å²) in [6.45, 7) is 5.18. The number of amides is 2. The summed E-state index contributed by atoms with van der Waals surface area (Å²) >= 11 is 12.5. The van der Waals surface area contributed by atoms with Gasteiger partial charge in [0.25, 0.3) is 10.0 Å². The second-order valence-corrected chi connectivity index (χ2v) is 13.6. The number of rotatable bonds is 13. The summed E-state index contributed by atoms with van der Waals surface area (Å²) in [6.07, 6.45) is 0.910.